The molecule has 1 N–H and O–H groups in total. The number of piperazine rings is 1. The van der Waals surface area contributed by atoms with Gasteiger partial charge in [-0.25, -0.2) is 0 Å². The molecule has 0 aromatic heterocycles. The number of carbonyl (C=O) groups is 2. The van der Waals surface area contributed by atoms with Crippen molar-refractivity contribution in [2.75, 3.05) is 13.7 Å². The van der Waals surface area contributed by atoms with Crippen LogP contribution in [0, 0.1) is 11.3 Å². The molecule has 1 saturated carbocycles. The molecule has 0 spiro atoms. The number of methoxy groups -OCH3 is 1. The van der Waals surface area contributed by atoms with Crippen LogP contribution in [-0.2, 0) is 14.3 Å². The largest absolute Gasteiger partial charge is 0.381 e. The summed E-state index contributed by atoms with van der Waals surface area (Å²) in [7, 11) is 1.70. The molecule has 2 fully saturated rings. The third-order valence-corrected chi connectivity index (χ3v) is 4.65. The van der Waals surface area contributed by atoms with Gasteiger partial charge in [-0.15, -0.1) is 0 Å². The first-order chi connectivity index (χ1) is 8.80. The number of hydrogen-bond donors (Lipinski definition) is 1. The summed E-state index contributed by atoms with van der Waals surface area (Å²) in [5.74, 6) is 0.0961. The average molecular weight is 268 g/mol. The quantitative estimate of drug-likeness (QED) is 0.823. The molecule has 1 heterocycles. The molecule has 19 heavy (non-hydrogen) atoms. The first kappa shape index (κ1) is 14.3. The van der Waals surface area contributed by atoms with E-state index in [1.807, 2.05) is 13.8 Å². The van der Waals surface area contributed by atoms with E-state index in [0.717, 1.165) is 6.42 Å². The monoisotopic (exact) mass is 268 g/mol. The fourth-order valence-electron chi connectivity index (χ4n) is 3.37. The van der Waals surface area contributed by atoms with Gasteiger partial charge in [0.2, 0.25) is 11.8 Å². The van der Waals surface area contributed by atoms with Crippen LogP contribution in [0.3, 0.4) is 0 Å². The second-order valence-electron chi connectivity index (χ2n) is 6.50. The zero-order valence-corrected chi connectivity index (χ0v) is 12.4. The van der Waals surface area contributed by atoms with Crippen LogP contribution in [0.25, 0.3) is 0 Å². The van der Waals surface area contributed by atoms with Crippen LogP contribution in [0.5, 0.6) is 0 Å². The van der Waals surface area contributed by atoms with Crippen LogP contribution in [0.2, 0.25) is 0 Å². The van der Waals surface area contributed by atoms with Crippen molar-refractivity contribution in [3.8, 4) is 0 Å². The third kappa shape index (κ3) is 2.14. The summed E-state index contributed by atoms with van der Waals surface area (Å²) in [6, 6.07) is -0.272. The SMILES string of the molecule is COC1CC(N2C(=O)CNC(=O)C2C(C)C)C1(C)C. The minimum atomic E-state index is -0.358. The van der Waals surface area contributed by atoms with Gasteiger partial charge >= 0.3 is 0 Å². The molecule has 0 bridgehead atoms. The smallest absolute Gasteiger partial charge is 0.243 e. The molecule has 0 aromatic carbocycles. The molecule has 0 radical (unpaired) electrons. The number of nitrogens with zero attached hydrogens (tertiary/aromatic N) is 1. The Bertz CT molecular complexity index is 392. The van der Waals surface area contributed by atoms with Gasteiger partial charge in [-0.2, -0.15) is 0 Å². The van der Waals surface area contributed by atoms with Crippen LogP contribution in [-0.4, -0.2) is 48.6 Å². The number of nitrogens with one attached hydrogen (secondary N) is 1. The second-order valence-corrected chi connectivity index (χ2v) is 6.50. The van der Waals surface area contributed by atoms with Gasteiger partial charge in [-0.3, -0.25) is 9.59 Å². The summed E-state index contributed by atoms with van der Waals surface area (Å²) in [4.78, 5) is 26.1. The Morgan fingerprint density at radius 2 is 2.00 bits per heavy atom. The van der Waals surface area contributed by atoms with Crippen LogP contribution in [0.1, 0.15) is 34.1 Å². The Kier molecular flexibility index (Phi) is 3.60. The lowest BCUT2D eigenvalue weighted by Crippen LogP contribution is -2.71. The predicted octanol–water partition coefficient (Wildman–Crippen LogP) is 0.783. The summed E-state index contributed by atoms with van der Waals surface area (Å²) in [5, 5.41) is 2.69. The number of ether oxygens (including phenoxy) is 1. The van der Waals surface area contributed by atoms with Crippen molar-refractivity contribution in [2.24, 2.45) is 11.3 Å². The minimum Gasteiger partial charge on any atom is -0.381 e. The Morgan fingerprint density at radius 3 is 2.47 bits per heavy atom. The Labute approximate surface area is 114 Å². The fraction of sp³-hybridized carbons (Fsp3) is 0.857. The summed E-state index contributed by atoms with van der Waals surface area (Å²) in [6.07, 6.45) is 0.967. The van der Waals surface area contributed by atoms with Crippen molar-refractivity contribution >= 4 is 11.8 Å². The van der Waals surface area contributed by atoms with Crippen molar-refractivity contribution in [2.45, 2.75) is 52.3 Å². The Hall–Kier alpha value is -1.10. The highest BCUT2D eigenvalue weighted by Crippen LogP contribution is 2.47. The lowest BCUT2D eigenvalue weighted by atomic mass is 9.63. The first-order valence-corrected chi connectivity index (χ1v) is 6.92. The van der Waals surface area contributed by atoms with Gasteiger partial charge in [0.15, 0.2) is 0 Å². The number of amides is 2. The maximum absolute atomic E-state index is 12.2. The van der Waals surface area contributed by atoms with E-state index in [-0.39, 0.29) is 47.9 Å². The lowest BCUT2D eigenvalue weighted by molar-refractivity contribution is -0.178. The lowest BCUT2D eigenvalue weighted by Gasteiger charge is -2.58. The molecular formula is C14H24N2O3. The second kappa shape index (κ2) is 4.78. The maximum atomic E-state index is 12.2. The summed E-state index contributed by atoms with van der Waals surface area (Å²) in [5.41, 5.74) is -0.102. The van der Waals surface area contributed by atoms with Crippen LogP contribution in [0.15, 0.2) is 0 Å². The van der Waals surface area contributed by atoms with Crippen molar-refractivity contribution in [3.05, 3.63) is 0 Å². The van der Waals surface area contributed by atoms with Crippen LogP contribution < -0.4 is 5.32 Å². The molecule has 1 saturated heterocycles. The van der Waals surface area contributed by atoms with Gasteiger partial charge in [0.1, 0.15) is 6.04 Å². The standard InChI is InChI=1S/C14H24N2O3/c1-8(2)12-13(18)15-7-11(17)16(12)9-6-10(19-5)14(9,3)4/h8-10,12H,6-7H2,1-5H3,(H,15,18). The molecule has 2 rings (SSSR count). The van der Waals surface area contributed by atoms with Crippen LogP contribution in [0.4, 0.5) is 0 Å². The van der Waals surface area contributed by atoms with Gasteiger partial charge < -0.3 is 15.0 Å². The van der Waals surface area contributed by atoms with Crippen LogP contribution >= 0.6 is 0 Å². The molecule has 0 aromatic rings. The average Bonchev–Trinajstić information content (AvgIpc) is 2.32. The zero-order chi connectivity index (χ0) is 14.4. The summed E-state index contributed by atoms with van der Waals surface area (Å²) >= 11 is 0. The van der Waals surface area contributed by atoms with E-state index in [1.54, 1.807) is 12.0 Å². The molecule has 2 amide bonds. The maximum Gasteiger partial charge on any atom is 0.243 e. The summed E-state index contributed by atoms with van der Waals surface area (Å²) < 4.78 is 5.44. The molecule has 3 atom stereocenters. The normalized spacial score (nSPS) is 34.2. The summed E-state index contributed by atoms with van der Waals surface area (Å²) in [6.45, 7) is 8.29. The third-order valence-electron chi connectivity index (χ3n) is 4.65. The van der Waals surface area contributed by atoms with E-state index in [4.69, 9.17) is 4.74 Å². The van der Waals surface area contributed by atoms with Crippen molar-refractivity contribution in [3.63, 3.8) is 0 Å². The van der Waals surface area contributed by atoms with Gasteiger partial charge in [0.25, 0.3) is 0 Å². The van der Waals surface area contributed by atoms with E-state index in [0.29, 0.717) is 0 Å². The fourth-order valence-corrected chi connectivity index (χ4v) is 3.37. The molecule has 5 nitrogen and oxygen atoms in total. The van der Waals surface area contributed by atoms with Gasteiger partial charge in [-0.1, -0.05) is 27.7 Å². The molecule has 108 valence electrons. The number of hydrogen-bond acceptors (Lipinski definition) is 3. The van der Waals surface area contributed by atoms with E-state index in [1.165, 1.54) is 0 Å². The van der Waals surface area contributed by atoms with E-state index < -0.39 is 0 Å². The van der Waals surface area contributed by atoms with E-state index in [2.05, 4.69) is 19.2 Å². The van der Waals surface area contributed by atoms with Gasteiger partial charge in [0, 0.05) is 18.6 Å². The first-order valence-electron chi connectivity index (χ1n) is 6.92. The minimum absolute atomic E-state index is 0.0194. The van der Waals surface area contributed by atoms with Crippen molar-refractivity contribution in [1.82, 2.24) is 10.2 Å². The van der Waals surface area contributed by atoms with E-state index in [9.17, 15) is 9.59 Å². The highest BCUT2D eigenvalue weighted by Gasteiger charge is 2.55. The molecule has 5 heteroatoms. The highest BCUT2D eigenvalue weighted by molar-refractivity contribution is 5.95. The van der Waals surface area contributed by atoms with Crippen molar-refractivity contribution in [1.29, 1.82) is 0 Å². The number of rotatable bonds is 3. The predicted molar refractivity (Wildman–Crippen MR) is 71.5 cm³/mol. The molecule has 1 aliphatic heterocycles. The topological polar surface area (TPSA) is 58.6 Å². The highest BCUT2D eigenvalue weighted by atomic mass is 16.5. The molecule has 2 aliphatic rings. The Morgan fingerprint density at radius 1 is 1.37 bits per heavy atom. The van der Waals surface area contributed by atoms with E-state index >= 15 is 0 Å². The van der Waals surface area contributed by atoms with Gasteiger partial charge in [0.05, 0.1) is 12.6 Å². The molecular weight excluding hydrogens is 244 g/mol. The zero-order valence-electron chi connectivity index (χ0n) is 12.4. The molecule has 3 unspecified atom stereocenters. The molecule has 1 aliphatic carbocycles. The van der Waals surface area contributed by atoms with Gasteiger partial charge in [-0.05, 0) is 12.3 Å². The Balaban J connectivity index is 2.25. The number of carbonyl (C=O) groups excluding carboxylic acids is 2. The van der Waals surface area contributed by atoms with Crippen molar-refractivity contribution < 1.29 is 14.3 Å².